The predicted molar refractivity (Wildman–Crippen MR) is 108 cm³/mol. The van der Waals surface area contributed by atoms with Crippen LogP contribution in [0, 0.1) is 13.8 Å². The second kappa shape index (κ2) is 9.28. The van der Waals surface area contributed by atoms with E-state index >= 15 is 0 Å². The number of hydrogen-bond donors (Lipinski definition) is 1. The molecule has 0 atom stereocenters. The maximum atomic E-state index is 10.1. The lowest BCUT2D eigenvalue weighted by atomic mass is 10.2. The third-order valence-electron chi connectivity index (χ3n) is 4.62. The third kappa shape index (κ3) is 5.50. The van der Waals surface area contributed by atoms with E-state index in [1.54, 1.807) is 13.0 Å². The highest BCUT2D eigenvalue weighted by atomic mass is 16.4. The zero-order valence-corrected chi connectivity index (χ0v) is 16.3. The van der Waals surface area contributed by atoms with Crippen LogP contribution >= 0.6 is 0 Å². The average Bonchev–Trinajstić information content (AvgIpc) is 3.32. The lowest BCUT2D eigenvalue weighted by Gasteiger charge is -2.35. The summed E-state index contributed by atoms with van der Waals surface area (Å²) in [4.78, 5) is 15.0. The van der Waals surface area contributed by atoms with Crippen LogP contribution in [0.25, 0.3) is 0 Å². The van der Waals surface area contributed by atoms with Crippen molar-refractivity contribution in [1.29, 1.82) is 0 Å². The predicted octanol–water partition coefficient (Wildman–Crippen LogP) is 4.20. The molecule has 6 heteroatoms. The highest BCUT2D eigenvalue weighted by molar-refractivity contribution is 5.84. The summed E-state index contributed by atoms with van der Waals surface area (Å²) in [5, 5.41) is 8.30. The molecular formula is C22H26N2O4. The molecule has 2 aromatic heterocycles. The molecule has 1 aromatic carbocycles. The number of furan rings is 2. The summed E-state index contributed by atoms with van der Waals surface area (Å²) in [6.07, 6.45) is 0. The molecule has 0 radical (unpaired) electrons. The Kier molecular flexibility index (Phi) is 6.55. The summed E-state index contributed by atoms with van der Waals surface area (Å²) < 4.78 is 10.4. The van der Waals surface area contributed by atoms with Gasteiger partial charge < -0.3 is 18.8 Å². The summed E-state index contributed by atoms with van der Waals surface area (Å²) >= 11 is 0. The normalized spacial score (nSPS) is 14.4. The molecule has 1 saturated heterocycles. The molecule has 0 amide bonds. The minimum Gasteiger partial charge on any atom is -0.475 e. The van der Waals surface area contributed by atoms with E-state index in [0.717, 1.165) is 44.2 Å². The fraction of sp³-hybridized carbons (Fsp3) is 0.318. The topological polar surface area (TPSA) is 70.1 Å². The highest BCUT2D eigenvalue weighted by Gasteiger charge is 2.17. The van der Waals surface area contributed by atoms with Crippen molar-refractivity contribution < 1.29 is 18.7 Å². The van der Waals surface area contributed by atoms with Crippen molar-refractivity contribution in [2.75, 3.05) is 31.1 Å². The van der Waals surface area contributed by atoms with E-state index in [1.807, 2.05) is 13.0 Å². The molecule has 28 heavy (non-hydrogen) atoms. The molecule has 1 N–H and O–H groups in total. The van der Waals surface area contributed by atoms with E-state index < -0.39 is 5.97 Å². The summed E-state index contributed by atoms with van der Waals surface area (Å²) in [5.41, 5.74) is 1.33. The van der Waals surface area contributed by atoms with Gasteiger partial charge in [0.1, 0.15) is 17.3 Å². The van der Waals surface area contributed by atoms with Gasteiger partial charge in [-0.25, -0.2) is 4.79 Å². The Morgan fingerprint density at radius 3 is 2.04 bits per heavy atom. The molecule has 148 valence electrons. The van der Waals surface area contributed by atoms with E-state index in [-0.39, 0.29) is 5.76 Å². The number of aryl methyl sites for hydroxylation is 2. The number of hydrogen-bond acceptors (Lipinski definition) is 5. The van der Waals surface area contributed by atoms with Crippen LogP contribution in [0.15, 0.2) is 63.4 Å². The van der Waals surface area contributed by atoms with Gasteiger partial charge in [0.15, 0.2) is 0 Å². The standard InChI is InChI=1S/C16H20N2O.C6H6O3/c1-14-7-8-16(19-14)13-17-9-11-18(12-10-17)15-5-3-2-4-6-15;1-4-2-3-5(9-4)6(7)8/h2-8H,9-13H2,1H3;2-3H,1H3,(H,7,8). The van der Waals surface area contributed by atoms with Crippen molar-refractivity contribution in [3.8, 4) is 0 Å². The molecule has 4 rings (SSSR count). The number of para-hydroxylation sites is 1. The number of carboxylic acid groups (broad SMARTS) is 1. The van der Waals surface area contributed by atoms with E-state index in [2.05, 4.69) is 46.2 Å². The maximum Gasteiger partial charge on any atom is 0.371 e. The molecule has 3 aromatic rings. The zero-order chi connectivity index (χ0) is 19.9. The van der Waals surface area contributed by atoms with Gasteiger partial charge in [0.05, 0.1) is 6.54 Å². The minimum absolute atomic E-state index is 0.00694. The number of aromatic carboxylic acids is 1. The molecule has 3 heterocycles. The number of anilines is 1. The van der Waals surface area contributed by atoms with E-state index in [1.165, 1.54) is 11.8 Å². The first-order valence-electron chi connectivity index (χ1n) is 9.38. The summed E-state index contributed by atoms with van der Waals surface area (Å²) in [6.45, 7) is 8.98. The van der Waals surface area contributed by atoms with Gasteiger partial charge in [-0.2, -0.15) is 0 Å². The van der Waals surface area contributed by atoms with Gasteiger partial charge in [-0.1, -0.05) is 18.2 Å². The van der Waals surface area contributed by atoms with Crippen molar-refractivity contribution in [3.63, 3.8) is 0 Å². The van der Waals surface area contributed by atoms with E-state index in [0.29, 0.717) is 5.76 Å². The van der Waals surface area contributed by atoms with Crippen molar-refractivity contribution in [1.82, 2.24) is 4.90 Å². The highest BCUT2D eigenvalue weighted by Crippen LogP contribution is 2.17. The Hall–Kier alpha value is -2.99. The SMILES string of the molecule is Cc1ccc(C(=O)O)o1.Cc1ccc(CN2CCN(c3ccccc3)CC2)o1. The second-order valence-electron chi connectivity index (χ2n) is 6.83. The third-order valence-corrected chi connectivity index (χ3v) is 4.62. The van der Waals surface area contributed by atoms with E-state index in [4.69, 9.17) is 13.9 Å². The molecule has 0 spiro atoms. The van der Waals surface area contributed by atoms with Crippen LogP contribution < -0.4 is 4.90 Å². The molecule has 0 saturated carbocycles. The molecule has 0 bridgehead atoms. The lowest BCUT2D eigenvalue weighted by molar-refractivity contribution is 0.0661. The Bertz CT molecular complexity index is 877. The van der Waals surface area contributed by atoms with Crippen LogP contribution in [-0.2, 0) is 6.54 Å². The minimum atomic E-state index is -1.02. The van der Waals surface area contributed by atoms with Crippen molar-refractivity contribution >= 4 is 11.7 Å². The van der Waals surface area contributed by atoms with Gasteiger partial charge in [0.25, 0.3) is 0 Å². The Balaban J connectivity index is 0.000000211. The van der Waals surface area contributed by atoms with Crippen molar-refractivity contribution in [2.45, 2.75) is 20.4 Å². The summed E-state index contributed by atoms with van der Waals surface area (Å²) in [5.74, 6) is 1.66. The molecule has 1 aliphatic heterocycles. The number of carboxylic acids is 1. The molecule has 0 aliphatic carbocycles. The largest absolute Gasteiger partial charge is 0.475 e. The summed E-state index contributed by atoms with van der Waals surface area (Å²) in [7, 11) is 0. The molecule has 6 nitrogen and oxygen atoms in total. The second-order valence-corrected chi connectivity index (χ2v) is 6.83. The quantitative estimate of drug-likeness (QED) is 0.729. The number of piperazine rings is 1. The fourth-order valence-corrected chi connectivity index (χ4v) is 3.14. The lowest BCUT2D eigenvalue weighted by Crippen LogP contribution is -2.45. The van der Waals surface area contributed by atoms with Gasteiger partial charge in [-0.3, -0.25) is 4.90 Å². The van der Waals surface area contributed by atoms with Gasteiger partial charge in [-0.05, 0) is 50.2 Å². The number of benzene rings is 1. The molecule has 1 fully saturated rings. The number of carbonyl (C=O) groups is 1. The van der Waals surface area contributed by atoms with Crippen LogP contribution in [0.2, 0.25) is 0 Å². The van der Waals surface area contributed by atoms with E-state index in [9.17, 15) is 4.79 Å². The Morgan fingerprint density at radius 1 is 0.893 bits per heavy atom. The fourth-order valence-electron chi connectivity index (χ4n) is 3.14. The molecule has 1 aliphatic rings. The van der Waals surface area contributed by atoms with Crippen LogP contribution in [0.3, 0.4) is 0 Å². The van der Waals surface area contributed by atoms with Gasteiger partial charge >= 0.3 is 5.97 Å². The first-order valence-corrected chi connectivity index (χ1v) is 9.38. The maximum absolute atomic E-state index is 10.1. The number of rotatable bonds is 4. The van der Waals surface area contributed by atoms with Gasteiger partial charge in [-0.15, -0.1) is 0 Å². The van der Waals surface area contributed by atoms with Crippen molar-refractivity contribution in [3.05, 3.63) is 77.6 Å². The molecular weight excluding hydrogens is 356 g/mol. The Labute approximate surface area is 165 Å². The number of nitrogens with zero attached hydrogens (tertiary/aromatic N) is 2. The van der Waals surface area contributed by atoms with Crippen molar-refractivity contribution in [2.24, 2.45) is 0 Å². The first kappa shape index (κ1) is 19.8. The van der Waals surface area contributed by atoms with Crippen LogP contribution in [0.4, 0.5) is 5.69 Å². The first-order chi connectivity index (χ1) is 13.5. The van der Waals surface area contributed by atoms with Crippen LogP contribution in [-0.4, -0.2) is 42.2 Å². The summed E-state index contributed by atoms with van der Waals surface area (Å²) in [6, 6.07) is 17.8. The molecule has 0 unspecified atom stereocenters. The van der Waals surface area contributed by atoms with Crippen LogP contribution in [0.5, 0.6) is 0 Å². The Morgan fingerprint density at radius 2 is 1.54 bits per heavy atom. The average molecular weight is 382 g/mol. The zero-order valence-electron chi connectivity index (χ0n) is 16.3. The monoisotopic (exact) mass is 382 g/mol. The van der Waals surface area contributed by atoms with Crippen LogP contribution in [0.1, 0.15) is 27.8 Å². The van der Waals surface area contributed by atoms with Gasteiger partial charge in [0.2, 0.25) is 5.76 Å². The smallest absolute Gasteiger partial charge is 0.371 e. The van der Waals surface area contributed by atoms with Gasteiger partial charge in [0, 0.05) is 31.9 Å².